The summed E-state index contributed by atoms with van der Waals surface area (Å²) in [5, 5.41) is 19.9. The molecule has 2 aromatic rings. The summed E-state index contributed by atoms with van der Waals surface area (Å²) in [5.41, 5.74) is -0.0561. The zero-order valence-corrected chi connectivity index (χ0v) is 10.9. The van der Waals surface area contributed by atoms with Gasteiger partial charge in [0.2, 0.25) is 0 Å². The first-order valence-corrected chi connectivity index (χ1v) is 5.79. The number of carboxylic acids is 1. The molecule has 7 heteroatoms. The van der Waals surface area contributed by atoms with Crippen LogP contribution in [0.15, 0.2) is 36.4 Å². The molecule has 0 fully saturated rings. The van der Waals surface area contributed by atoms with Crippen LogP contribution in [0, 0.1) is 15.9 Å². The Hall–Kier alpha value is -2.96. The number of hydrogen-bond acceptors (Lipinski definition) is 4. The Bertz CT molecular complexity index is 729. The molecule has 0 aliphatic carbocycles. The van der Waals surface area contributed by atoms with E-state index in [-0.39, 0.29) is 5.75 Å². The number of nitro groups is 1. The minimum atomic E-state index is -1.38. The molecule has 0 aromatic heterocycles. The van der Waals surface area contributed by atoms with Gasteiger partial charge in [0.15, 0.2) is 11.6 Å². The molecule has 0 saturated heterocycles. The fraction of sp³-hybridized carbons (Fsp3) is 0.0714. The average molecular weight is 291 g/mol. The molecule has 0 heterocycles. The van der Waals surface area contributed by atoms with Crippen molar-refractivity contribution in [3.8, 4) is 16.9 Å². The van der Waals surface area contributed by atoms with Gasteiger partial charge in [0.1, 0.15) is 5.56 Å². The van der Waals surface area contributed by atoms with E-state index in [2.05, 4.69) is 0 Å². The fourth-order valence-electron chi connectivity index (χ4n) is 1.88. The number of carbonyl (C=O) groups is 1. The van der Waals surface area contributed by atoms with Crippen molar-refractivity contribution in [3.63, 3.8) is 0 Å². The van der Waals surface area contributed by atoms with Crippen molar-refractivity contribution in [1.29, 1.82) is 0 Å². The average Bonchev–Trinajstić information content (AvgIpc) is 2.47. The Kier molecular flexibility index (Phi) is 3.84. The third-order valence-electron chi connectivity index (χ3n) is 2.91. The minimum Gasteiger partial charge on any atom is -0.494 e. The van der Waals surface area contributed by atoms with E-state index in [0.29, 0.717) is 11.1 Å². The molecule has 0 bridgehead atoms. The largest absolute Gasteiger partial charge is 0.494 e. The molecule has 0 atom stereocenters. The van der Waals surface area contributed by atoms with Gasteiger partial charge in [-0.3, -0.25) is 10.1 Å². The molecule has 2 rings (SSSR count). The highest BCUT2D eigenvalue weighted by atomic mass is 19.1. The number of ether oxygens (including phenoxy) is 1. The molecule has 6 nitrogen and oxygen atoms in total. The SMILES string of the molecule is COc1cc(-c2ccc(C(=O)O)c([N+](=O)[O-])c2)ccc1F. The Morgan fingerprint density at radius 1 is 1.24 bits per heavy atom. The van der Waals surface area contributed by atoms with E-state index >= 15 is 0 Å². The highest BCUT2D eigenvalue weighted by Crippen LogP contribution is 2.30. The monoisotopic (exact) mass is 291 g/mol. The van der Waals surface area contributed by atoms with Gasteiger partial charge in [0, 0.05) is 6.07 Å². The topological polar surface area (TPSA) is 89.7 Å². The summed E-state index contributed by atoms with van der Waals surface area (Å²) < 4.78 is 18.2. The van der Waals surface area contributed by atoms with Crippen molar-refractivity contribution >= 4 is 11.7 Å². The Morgan fingerprint density at radius 2 is 1.86 bits per heavy atom. The minimum absolute atomic E-state index is 0.00235. The predicted molar refractivity (Wildman–Crippen MR) is 72.0 cm³/mol. The van der Waals surface area contributed by atoms with Crippen molar-refractivity contribution in [2.45, 2.75) is 0 Å². The number of carboxylic acid groups (broad SMARTS) is 1. The van der Waals surface area contributed by atoms with Gasteiger partial charge in [-0.1, -0.05) is 12.1 Å². The lowest BCUT2D eigenvalue weighted by Gasteiger charge is -2.07. The second-order valence-electron chi connectivity index (χ2n) is 4.14. The Balaban J connectivity index is 2.57. The normalized spacial score (nSPS) is 10.2. The van der Waals surface area contributed by atoms with Crippen LogP contribution in [0.1, 0.15) is 10.4 Å². The van der Waals surface area contributed by atoms with Crippen molar-refractivity contribution in [2.75, 3.05) is 7.11 Å². The van der Waals surface area contributed by atoms with E-state index in [0.717, 1.165) is 12.1 Å². The number of benzene rings is 2. The first-order valence-electron chi connectivity index (χ1n) is 5.79. The van der Waals surface area contributed by atoms with Crippen LogP contribution in [-0.4, -0.2) is 23.1 Å². The van der Waals surface area contributed by atoms with E-state index in [1.807, 2.05) is 0 Å². The molecule has 0 spiro atoms. The van der Waals surface area contributed by atoms with Crippen LogP contribution in [0.4, 0.5) is 10.1 Å². The maximum Gasteiger partial charge on any atom is 0.342 e. The van der Waals surface area contributed by atoms with Crippen molar-refractivity contribution in [3.05, 3.63) is 57.9 Å². The van der Waals surface area contributed by atoms with E-state index in [4.69, 9.17) is 9.84 Å². The molecule has 21 heavy (non-hydrogen) atoms. The van der Waals surface area contributed by atoms with Crippen LogP contribution >= 0.6 is 0 Å². The molecule has 0 radical (unpaired) electrons. The predicted octanol–water partition coefficient (Wildman–Crippen LogP) is 3.11. The molecule has 0 saturated carbocycles. The van der Waals surface area contributed by atoms with Gasteiger partial charge in [0.25, 0.3) is 5.69 Å². The van der Waals surface area contributed by atoms with E-state index in [1.165, 1.54) is 31.4 Å². The second kappa shape index (κ2) is 5.58. The molecular formula is C14H10FNO5. The summed E-state index contributed by atoms with van der Waals surface area (Å²) in [6.07, 6.45) is 0. The summed E-state index contributed by atoms with van der Waals surface area (Å²) in [7, 11) is 1.30. The Morgan fingerprint density at radius 3 is 2.43 bits per heavy atom. The molecule has 0 amide bonds. The van der Waals surface area contributed by atoms with Crippen LogP contribution in [0.5, 0.6) is 5.75 Å². The number of aromatic carboxylic acids is 1. The van der Waals surface area contributed by atoms with Gasteiger partial charge in [-0.05, 0) is 29.3 Å². The summed E-state index contributed by atoms with van der Waals surface area (Å²) in [5.74, 6) is -1.94. The van der Waals surface area contributed by atoms with Gasteiger partial charge in [-0.15, -0.1) is 0 Å². The number of nitrogens with zero attached hydrogens (tertiary/aromatic N) is 1. The number of methoxy groups -OCH3 is 1. The van der Waals surface area contributed by atoms with Gasteiger partial charge in [0.05, 0.1) is 12.0 Å². The summed E-state index contributed by atoms with van der Waals surface area (Å²) in [6.45, 7) is 0. The maximum absolute atomic E-state index is 13.4. The van der Waals surface area contributed by atoms with Crippen molar-refractivity contribution in [1.82, 2.24) is 0 Å². The molecule has 0 unspecified atom stereocenters. The van der Waals surface area contributed by atoms with E-state index < -0.39 is 28.0 Å². The molecule has 0 aliphatic rings. The summed E-state index contributed by atoms with van der Waals surface area (Å²) in [4.78, 5) is 21.1. The highest BCUT2D eigenvalue weighted by Gasteiger charge is 2.20. The fourth-order valence-corrected chi connectivity index (χ4v) is 1.88. The number of halogens is 1. The van der Waals surface area contributed by atoms with Crippen LogP contribution in [0.3, 0.4) is 0 Å². The first-order chi connectivity index (χ1) is 9.93. The zero-order chi connectivity index (χ0) is 15.6. The Labute approximate surface area is 118 Å². The lowest BCUT2D eigenvalue weighted by Crippen LogP contribution is -2.02. The highest BCUT2D eigenvalue weighted by molar-refractivity contribution is 5.93. The van der Waals surface area contributed by atoms with Gasteiger partial charge in [-0.2, -0.15) is 0 Å². The molecule has 108 valence electrons. The number of rotatable bonds is 4. The molecule has 0 aliphatic heterocycles. The quantitative estimate of drug-likeness (QED) is 0.690. The summed E-state index contributed by atoms with van der Waals surface area (Å²) >= 11 is 0. The smallest absolute Gasteiger partial charge is 0.342 e. The first kappa shape index (κ1) is 14.4. The van der Waals surface area contributed by atoms with E-state index in [9.17, 15) is 19.3 Å². The molecule has 2 aromatic carbocycles. The zero-order valence-electron chi connectivity index (χ0n) is 10.9. The number of hydrogen-bond donors (Lipinski definition) is 1. The maximum atomic E-state index is 13.4. The van der Waals surface area contributed by atoms with Gasteiger partial charge in [-0.25, -0.2) is 9.18 Å². The van der Waals surface area contributed by atoms with Gasteiger partial charge >= 0.3 is 5.97 Å². The number of nitro benzene ring substituents is 1. The van der Waals surface area contributed by atoms with Crippen LogP contribution in [0.2, 0.25) is 0 Å². The van der Waals surface area contributed by atoms with Crippen LogP contribution in [-0.2, 0) is 0 Å². The molecular weight excluding hydrogens is 281 g/mol. The summed E-state index contributed by atoms with van der Waals surface area (Å²) in [6, 6.07) is 7.68. The lowest BCUT2D eigenvalue weighted by atomic mass is 10.0. The lowest BCUT2D eigenvalue weighted by molar-refractivity contribution is -0.385. The second-order valence-corrected chi connectivity index (χ2v) is 4.14. The van der Waals surface area contributed by atoms with Gasteiger partial charge < -0.3 is 9.84 Å². The van der Waals surface area contributed by atoms with E-state index in [1.54, 1.807) is 0 Å². The van der Waals surface area contributed by atoms with Crippen LogP contribution in [0.25, 0.3) is 11.1 Å². The van der Waals surface area contributed by atoms with Crippen LogP contribution < -0.4 is 4.74 Å². The third kappa shape index (κ3) is 2.81. The van der Waals surface area contributed by atoms with Crippen molar-refractivity contribution in [2.24, 2.45) is 0 Å². The standard InChI is InChI=1S/C14H10FNO5/c1-21-13-7-9(3-5-11(13)15)8-2-4-10(14(17)18)12(6-8)16(19)20/h2-7H,1H3,(H,17,18). The molecule has 1 N–H and O–H groups in total. The van der Waals surface area contributed by atoms with Crippen molar-refractivity contribution < 1.29 is 24.0 Å². The third-order valence-corrected chi connectivity index (χ3v) is 2.91.